The Hall–Kier alpha value is -3.02. The van der Waals surface area contributed by atoms with Crippen LogP contribution in [0.15, 0.2) is 66.7 Å². The lowest BCUT2D eigenvalue weighted by atomic mass is 9.84. The minimum Gasteiger partial charge on any atom is -0.493 e. The maximum absolute atomic E-state index is 10.2. The summed E-state index contributed by atoms with van der Waals surface area (Å²) >= 11 is 0. The van der Waals surface area contributed by atoms with E-state index in [1.54, 1.807) is 21.3 Å². The van der Waals surface area contributed by atoms with Crippen LogP contribution >= 0.6 is 0 Å². The zero-order valence-corrected chi connectivity index (χ0v) is 18.8. The van der Waals surface area contributed by atoms with Crippen LogP contribution in [0.5, 0.6) is 17.2 Å². The van der Waals surface area contributed by atoms with Gasteiger partial charge in [-0.3, -0.25) is 0 Å². The lowest BCUT2D eigenvalue weighted by Gasteiger charge is -2.23. The van der Waals surface area contributed by atoms with Crippen molar-refractivity contribution in [2.24, 2.45) is 11.8 Å². The highest BCUT2D eigenvalue weighted by Gasteiger charge is 2.38. The molecule has 168 valence electrons. The van der Waals surface area contributed by atoms with E-state index in [2.05, 4.69) is 36.4 Å². The van der Waals surface area contributed by atoms with Crippen molar-refractivity contribution in [3.8, 4) is 28.4 Å². The average Bonchev–Trinajstić information content (AvgIpc) is 3.26. The Bertz CT molecular complexity index is 991. The molecule has 0 aliphatic carbocycles. The van der Waals surface area contributed by atoms with Crippen molar-refractivity contribution >= 4 is 0 Å². The minimum atomic E-state index is -0.234. The summed E-state index contributed by atoms with van der Waals surface area (Å²) in [7, 11) is 4.78. The normalized spacial score (nSPS) is 20.2. The molecule has 1 aliphatic rings. The highest BCUT2D eigenvalue weighted by atomic mass is 16.5. The van der Waals surface area contributed by atoms with E-state index in [4.69, 9.17) is 18.9 Å². The summed E-state index contributed by atoms with van der Waals surface area (Å²) in [5, 5.41) is 10.2. The quantitative estimate of drug-likeness (QED) is 0.546. The molecule has 1 N–H and O–H groups in total. The van der Waals surface area contributed by atoms with Crippen LogP contribution in [0.1, 0.15) is 17.2 Å². The van der Waals surface area contributed by atoms with Gasteiger partial charge < -0.3 is 24.1 Å². The first-order valence-corrected chi connectivity index (χ1v) is 10.8. The van der Waals surface area contributed by atoms with Gasteiger partial charge in [-0.15, -0.1) is 0 Å². The lowest BCUT2D eigenvalue weighted by molar-refractivity contribution is 0.0715. The summed E-state index contributed by atoms with van der Waals surface area (Å²) in [6.07, 6.45) is 0.614. The first-order chi connectivity index (χ1) is 15.7. The van der Waals surface area contributed by atoms with Crippen molar-refractivity contribution in [1.29, 1.82) is 0 Å². The topological polar surface area (TPSA) is 57.2 Å². The third kappa shape index (κ3) is 4.45. The summed E-state index contributed by atoms with van der Waals surface area (Å²) in [4.78, 5) is 0. The first kappa shape index (κ1) is 22.2. The number of benzene rings is 3. The molecule has 0 saturated carbocycles. The van der Waals surface area contributed by atoms with Gasteiger partial charge >= 0.3 is 0 Å². The molecule has 1 saturated heterocycles. The van der Waals surface area contributed by atoms with Crippen LogP contribution in [0, 0.1) is 11.8 Å². The van der Waals surface area contributed by atoms with E-state index in [9.17, 15) is 5.11 Å². The molecule has 3 atom stereocenters. The molecule has 0 amide bonds. The van der Waals surface area contributed by atoms with Crippen molar-refractivity contribution in [2.45, 2.75) is 12.5 Å². The molecule has 5 heteroatoms. The molecule has 3 aromatic rings. The monoisotopic (exact) mass is 434 g/mol. The number of ether oxygens (including phenoxy) is 4. The lowest BCUT2D eigenvalue weighted by Crippen LogP contribution is -2.21. The van der Waals surface area contributed by atoms with Crippen molar-refractivity contribution in [2.75, 3.05) is 34.5 Å². The van der Waals surface area contributed by atoms with E-state index in [1.165, 1.54) is 16.7 Å². The summed E-state index contributed by atoms with van der Waals surface area (Å²) in [6, 6.07) is 22.8. The summed E-state index contributed by atoms with van der Waals surface area (Å²) in [5.74, 6) is 1.91. The van der Waals surface area contributed by atoms with Crippen molar-refractivity contribution in [1.82, 2.24) is 0 Å². The van der Waals surface area contributed by atoms with Crippen LogP contribution in [-0.2, 0) is 11.2 Å². The predicted molar refractivity (Wildman–Crippen MR) is 124 cm³/mol. The number of rotatable bonds is 8. The van der Waals surface area contributed by atoms with Crippen LogP contribution < -0.4 is 14.2 Å². The summed E-state index contributed by atoms with van der Waals surface area (Å²) in [5.41, 5.74) is 4.56. The van der Waals surface area contributed by atoms with Crippen LogP contribution in [0.4, 0.5) is 0 Å². The molecule has 0 radical (unpaired) electrons. The Morgan fingerprint density at radius 3 is 2.03 bits per heavy atom. The highest BCUT2D eigenvalue weighted by molar-refractivity contribution is 5.63. The van der Waals surface area contributed by atoms with Crippen LogP contribution in [0.2, 0.25) is 0 Å². The standard InChI is InChI=1S/C27H30O5/c1-29-24-14-21(15-25(30-2)27(24)31-3)26-23(16-28)22(17-32-26)13-18-9-11-20(12-10-18)19-7-5-4-6-8-19/h4-12,14-15,22-23,26,28H,13,16-17H2,1-3H3/t22-,23-,26+/m0/s1. The van der Waals surface area contributed by atoms with Gasteiger partial charge in [-0.1, -0.05) is 54.6 Å². The smallest absolute Gasteiger partial charge is 0.203 e. The van der Waals surface area contributed by atoms with Crippen LogP contribution in [0.25, 0.3) is 11.1 Å². The third-order valence-corrected chi connectivity index (χ3v) is 6.27. The number of hydrogen-bond donors (Lipinski definition) is 1. The average molecular weight is 435 g/mol. The molecule has 4 rings (SSSR count). The van der Waals surface area contributed by atoms with Gasteiger partial charge in [-0.25, -0.2) is 0 Å². The maximum atomic E-state index is 10.2. The molecule has 32 heavy (non-hydrogen) atoms. The fraction of sp³-hybridized carbons (Fsp3) is 0.333. The van der Waals surface area contributed by atoms with E-state index in [0.29, 0.717) is 23.9 Å². The Morgan fingerprint density at radius 1 is 0.844 bits per heavy atom. The Balaban J connectivity index is 1.52. The number of aliphatic hydroxyl groups is 1. The molecule has 0 bridgehead atoms. The second-order valence-electron chi connectivity index (χ2n) is 8.09. The molecular formula is C27H30O5. The fourth-order valence-electron chi connectivity index (χ4n) is 4.55. The van der Waals surface area contributed by atoms with Gasteiger partial charge in [0.25, 0.3) is 0 Å². The van der Waals surface area contributed by atoms with Gasteiger partial charge in [0, 0.05) is 12.5 Å². The van der Waals surface area contributed by atoms with Gasteiger partial charge in [0.2, 0.25) is 5.75 Å². The number of aliphatic hydroxyl groups excluding tert-OH is 1. The molecular weight excluding hydrogens is 404 g/mol. The Morgan fingerprint density at radius 2 is 1.47 bits per heavy atom. The maximum Gasteiger partial charge on any atom is 0.203 e. The molecule has 1 aliphatic heterocycles. The highest BCUT2D eigenvalue weighted by Crippen LogP contribution is 2.45. The van der Waals surface area contributed by atoms with Crippen LogP contribution in [0.3, 0.4) is 0 Å². The van der Waals surface area contributed by atoms with Crippen molar-refractivity contribution in [3.05, 3.63) is 77.9 Å². The van der Waals surface area contributed by atoms with Crippen LogP contribution in [-0.4, -0.2) is 39.6 Å². The second-order valence-corrected chi connectivity index (χ2v) is 8.09. The molecule has 0 aromatic heterocycles. The van der Waals surface area contributed by atoms with E-state index in [1.807, 2.05) is 30.3 Å². The van der Waals surface area contributed by atoms with Crippen molar-refractivity contribution < 1.29 is 24.1 Å². The Kier molecular flexibility index (Phi) is 6.98. The summed E-state index contributed by atoms with van der Waals surface area (Å²) < 4.78 is 22.6. The first-order valence-electron chi connectivity index (χ1n) is 10.8. The van der Waals surface area contributed by atoms with Gasteiger partial charge in [-0.2, -0.15) is 0 Å². The molecule has 5 nitrogen and oxygen atoms in total. The molecule has 3 aromatic carbocycles. The second kappa shape index (κ2) is 10.1. The predicted octanol–water partition coefficient (Wildman–Crippen LogP) is 4.92. The summed E-state index contributed by atoms with van der Waals surface area (Å²) in [6.45, 7) is 0.640. The number of methoxy groups -OCH3 is 3. The largest absolute Gasteiger partial charge is 0.493 e. The third-order valence-electron chi connectivity index (χ3n) is 6.27. The van der Waals surface area contributed by atoms with Crippen molar-refractivity contribution in [3.63, 3.8) is 0 Å². The van der Waals surface area contributed by atoms with E-state index in [-0.39, 0.29) is 24.5 Å². The fourth-order valence-corrected chi connectivity index (χ4v) is 4.55. The molecule has 0 spiro atoms. The van der Waals surface area contributed by atoms with Gasteiger partial charge in [-0.05, 0) is 46.7 Å². The van der Waals surface area contributed by atoms with E-state index in [0.717, 1.165) is 12.0 Å². The zero-order chi connectivity index (χ0) is 22.5. The molecule has 1 heterocycles. The van der Waals surface area contributed by atoms with Gasteiger partial charge in [0.1, 0.15) is 0 Å². The van der Waals surface area contributed by atoms with Gasteiger partial charge in [0.15, 0.2) is 11.5 Å². The van der Waals surface area contributed by atoms with Gasteiger partial charge in [0.05, 0.1) is 34.0 Å². The zero-order valence-electron chi connectivity index (χ0n) is 18.8. The van der Waals surface area contributed by atoms with E-state index < -0.39 is 0 Å². The molecule has 1 fully saturated rings. The SMILES string of the molecule is COc1cc([C@H]2OC[C@H](Cc3ccc(-c4ccccc4)cc3)[C@@H]2CO)cc(OC)c1OC. The Labute approximate surface area is 189 Å². The number of hydrogen-bond acceptors (Lipinski definition) is 5. The molecule has 0 unspecified atom stereocenters. The minimum absolute atomic E-state index is 0.0217. The van der Waals surface area contributed by atoms with E-state index >= 15 is 0 Å².